The molecule has 0 saturated heterocycles. The fraction of sp³-hybridized carbons (Fsp3) is 0.667. The molecule has 0 fully saturated rings. The maximum Gasteiger partial charge on any atom is 0.157 e. The highest BCUT2D eigenvalue weighted by Gasteiger charge is 2.17. The number of hydrogen-bond acceptors (Lipinski definition) is 4. The van der Waals surface area contributed by atoms with E-state index in [0.29, 0.717) is 5.25 Å². The number of nitrogens with one attached hydrogen (secondary N) is 1. The molecule has 1 aliphatic rings. The molecule has 2 heterocycles. The molecule has 0 radical (unpaired) electrons. The van der Waals surface area contributed by atoms with Crippen molar-refractivity contribution in [3.05, 3.63) is 17.5 Å². The van der Waals surface area contributed by atoms with Crippen LogP contribution in [0.4, 0.5) is 0 Å². The Labute approximate surface area is 107 Å². The van der Waals surface area contributed by atoms with Crippen molar-refractivity contribution in [3.63, 3.8) is 0 Å². The Balaban J connectivity index is 1.90. The summed E-state index contributed by atoms with van der Waals surface area (Å²) in [6.07, 6.45) is 4.25. The normalized spacial score (nSPS) is 19.5. The summed E-state index contributed by atoms with van der Waals surface area (Å²) in [5.74, 6) is 0. The molecule has 1 N–H and O–H groups in total. The standard InChI is InChI=1S/C12H20N4S/c1-4-10-7-14-12(17-10)13-6-9-8-16(3)15-11(9)5-2/h8,10H,4-7H2,1-3H3,(H,13,14). The maximum atomic E-state index is 4.51. The molecule has 17 heavy (non-hydrogen) atoms. The second kappa shape index (κ2) is 5.58. The number of amidine groups is 1. The molecule has 5 heteroatoms. The van der Waals surface area contributed by atoms with E-state index in [2.05, 4.69) is 35.5 Å². The number of aryl methyl sites for hydroxylation is 2. The summed E-state index contributed by atoms with van der Waals surface area (Å²) in [6, 6.07) is 0. The minimum absolute atomic E-state index is 0.664. The maximum absolute atomic E-state index is 4.51. The summed E-state index contributed by atoms with van der Waals surface area (Å²) in [6.45, 7) is 6.14. The molecular formula is C12H20N4S. The van der Waals surface area contributed by atoms with Crippen molar-refractivity contribution in [2.45, 2.75) is 38.5 Å². The van der Waals surface area contributed by atoms with Gasteiger partial charge in [0, 0.05) is 30.6 Å². The van der Waals surface area contributed by atoms with Gasteiger partial charge >= 0.3 is 0 Å². The van der Waals surface area contributed by atoms with Gasteiger partial charge in [-0.25, -0.2) is 0 Å². The average Bonchev–Trinajstić information content (AvgIpc) is 2.92. The van der Waals surface area contributed by atoms with E-state index in [4.69, 9.17) is 0 Å². The molecular weight excluding hydrogens is 232 g/mol. The minimum atomic E-state index is 0.664. The zero-order chi connectivity index (χ0) is 12.3. The fourth-order valence-corrected chi connectivity index (χ4v) is 2.86. The van der Waals surface area contributed by atoms with Crippen LogP contribution in [-0.2, 0) is 20.0 Å². The Hall–Kier alpha value is -0.970. The Morgan fingerprint density at radius 2 is 2.35 bits per heavy atom. The predicted molar refractivity (Wildman–Crippen MR) is 73.4 cm³/mol. The molecule has 4 nitrogen and oxygen atoms in total. The highest BCUT2D eigenvalue weighted by atomic mass is 32.2. The molecule has 0 amide bonds. The molecule has 94 valence electrons. The molecule has 1 unspecified atom stereocenters. The topological polar surface area (TPSA) is 42.2 Å². The molecule has 0 bridgehead atoms. The molecule has 1 aromatic rings. The molecule has 0 saturated carbocycles. The van der Waals surface area contributed by atoms with E-state index in [1.165, 1.54) is 17.7 Å². The van der Waals surface area contributed by atoms with Crippen molar-refractivity contribution in [3.8, 4) is 0 Å². The largest absolute Gasteiger partial charge is 0.361 e. The van der Waals surface area contributed by atoms with E-state index in [0.717, 1.165) is 24.7 Å². The van der Waals surface area contributed by atoms with Crippen LogP contribution in [0.5, 0.6) is 0 Å². The lowest BCUT2D eigenvalue weighted by Crippen LogP contribution is -2.19. The van der Waals surface area contributed by atoms with Crippen molar-refractivity contribution in [2.75, 3.05) is 6.54 Å². The number of aliphatic imine (C=N–C) groups is 1. The zero-order valence-electron chi connectivity index (χ0n) is 10.7. The number of rotatable bonds is 4. The van der Waals surface area contributed by atoms with Crippen LogP contribution < -0.4 is 5.32 Å². The van der Waals surface area contributed by atoms with Crippen molar-refractivity contribution in [1.29, 1.82) is 0 Å². The lowest BCUT2D eigenvalue weighted by molar-refractivity contribution is 0.746. The summed E-state index contributed by atoms with van der Waals surface area (Å²) in [4.78, 5) is 4.51. The van der Waals surface area contributed by atoms with Crippen molar-refractivity contribution in [1.82, 2.24) is 15.1 Å². The van der Waals surface area contributed by atoms with Gasteiger partial charge in [0.2, 0.25) is 0 Å². The van der Waals surface area contributed by atoms with Gasteiger partial charge in [-0.15, -0.1) is 0 Å². The summed E-state index contributed by atoms with van der Waals surface area (Å²) < 4.78 is 1.88. The highest BCUT2D eigenvalue weighted by molar-refractivity contribution is 8.14. The molecule has 0 aromatic carbocycles. The molecule has 1 atom stereocenters. The second-order valence-corrected chi connectivity index (χ2v) is 5.56. The van der Waals surface area contributed by atoms with Crippen LogP contribution in [0.25, 0.3) is 0 Å². The number of thioether (sulfide) groups is 1. The van der Waals surface area contributed by atoms with Gasteiger partial charge in [-0.05, 0) is 12.8 Å². The first-order chi connectivity index (χ1) is 8.22. The molecule has 2 rings (SSSR count). The summed E-state index contributed by atoms with van der Waals surface area (Å²) in [5.41, 5.74) is 2.45. The molecule has 0 aliphatic carbocycles. The first kappa shape index (κ1) is 12.5. The van der Waals surface area contributed by atoms with Crippen molar-refractivity contribution in [2.24, 2.45) is 12.0 Å². The fourth-order valence-electron chi connectivity index (χ4n) is 1.93. The SMILES string of the molecule is CCc1nn(C)cc1CNC1=NCC(CC)S1. The highest BCUT2D eigenvalue weighted by Crippen LogP contribution is 2.22. The van der Waals surface area contributed by atoms with Gasteiger partial charge in [-0.2, -0.15) is 5.10 Å². The third-order valence-corrected chi connectivity index (χ3v) is 4.24. The summed E-state index contributed by atoms with van der Waals surface area (Å²) >= 11 is 1.86. The Morgan fingerprint density at radius 3 is 3.00 bits per heavy atom. The van der Waals surface area contributed by atoms with Gasteiger partial charge in [-0.3, -0.25) is 9.67 Å². The van der Waals surface area contributed by atoms with Gasteiger partial charge < -0.3 is 5.32 Å². The summed E-state index contributed by atoms with van der Waals surface area (Å²) in [5, 5.41) is 9.60. The third kappa shape index (κ3) is 3.03. The van der Waals surface area contributed by atoms with Gasteiger partial charge in [0.05, 0.1) is 12.2 Å². The quantitative estimate of drug-likeness (QED) is 0.890. The van der Waals surface area contributed by atoms with Crippen molar-refractivity contribution < 1.29 is 0 Å². The van der Waals surface area contributed by atoms with Crippen LogP contribution in [0.1, 0.15) is 31.5 Å². The Bertz CT molecular complexity index is 411. The molecule has 0 spiro atoms. The zero-order valence-corrected chi connectivity index (χ0v) is 11.5. The second-order valence-electron chi connectivity index (χ2n) is 4.28. The van der Waals surface area contributed by atoms with Gasteiger partial charge in [-0.1, -0.05) is 25.6 Å². The van der Waals surface area contributed by atoms with Crippen LogP contribution >= 0.6 is 11.8 Å². The van der Waals surface area contributed by atoms with E-state index >= 15 is 0 Å². The lowest BCUT2D eigenvalue weighted by atomic mass is 10.2. The molecule has 1 aromatic heterocycles. The monoisotopic (exact) mass is 252 g/mol. The Kier molecular flexibility index (Phi) is 4.10. The Morgan fingerprint density at radius 1 is 1.53 bits per heavy atom. The van der Waals surface area contributed by atoms with Gasteiger partial charge in [0.1, 0.15) is 0 Å². The van der Waals surface area contributed by atoms with E-state index in [-0.39, 0.29) is 0 Å². The predicted octanol–water partition coefficient (Wildman–Crippen LogP) is 1.95. The summed E-state index contributed by atoms with van der Waals surface area (Å²) in [7, 11) is 1.97. The minimum Gasteiger partial charge on any atom is -0.361 e. The van der Waals surface area contributed by atoms with Gasteiger partial charge in [0.25, 0.3) is 0 Å². The first-order valence-corrected chi connectivity index (χ1v) is 7.07. The lowest BCUT2D eigenvalue weighted by Gasteiger charge is -2.06. The third-order valence-electron chi connectivity index (χ3n) is 2.93. The van der Waals surface area contributed by atoms with E-state index < -0.39 is 0 Å². The molecule has 1 aliphatic heterocycles. The van der Waals surface area contributed by atoms with Gasteiger partial charge in [0.15, 0.2) is 5.17 Å². The number of hydrogen-bond donors (Lipinski definition) is 1. The van der Waals surface area contributed by atoms with E-state index in [1.807, 2.05) is 23.5 Å². The average molecular weight is 252 g/mol. The van der Waals surface area contributed by atoms with Crippen LogP contribution in [-0.4, -0.2) is 26.7 Å². The van der Waals surface area contributed by atoms with E-state index in [1.54, 1.807) is 0 Å². The van der Waals surface area contributed by atoms with Crippen LogP contribution in [0.15, 0.2) is 11.2 Å². The first-order valence-electron chi connectivity index (χ1n) is 6.19. The van der Waals surface area contributed by atoms with E-state index in [9.17, 15) is 0 Å². The van der Waals surface area contributed by atoms with Crippen LogP contribution in [0.3, 0.4) is 0 Å². The van der Waals surface area contributed by atoms with Crippen LogP contribution in [0, 0.1) is 0 Å². The number of nitrogens with zero attached hydrogens (tertiary/aromatic N) is 3. The number of aromatic nitrogens is 2. The smallest absolute Gasteiger partial charge is 0.157 e. The van der Waals surface area contributed by atoms with Crippen LogP contribution in [0.2, 0.25) is 0 Å². The van der Waals surface area contributed by atoms with Crippen molar-refractivity contribution >= 4 is 16.9 Å².